The lowest BCUT2D eigenvalue weighted by Gasteiger charge is -2.26. The van der Waals surface area contributed by atoms with Crippen LogP contribution in [-0.2, 0) is 0 Å². The number of hydrogen-bond donors (Lipinski definition) is 1. The highest BCUT2D eigenvalue weighted by Crippen LogP contribution is 2.32. The second-order valence-electron chi connectivity index (χ2n) is 5.01. The van der Waals surface area contributed by atoms with Gasteiger partial charge in [-0.15, -0.1) is 0 Å². The molecule has 1 aliphatic rings. The zero-order valence-corrected chi connectivity index (χ0v) is 12.4. The molecule has 0 aliphatic carbocycles. The van der Waals surface area contributed by atoms with Gasteiger partial charge in [-0.05, 0) is 44.4 Å². The maximum absolute atomic E-state index is 12.1. The summed E-state index contributed by atoms with van der Waals surface area (Å²) in [6.45, 7) is 4.82. The fourth-order valence-corrected chi connectivity index (χ4v) is 2.82. The molecule has 1 aromatic rings. The third-order valence-corrected chi connectivity index (χ3v) is 3.65. The number of halogens is 1. The molecule has 2 rings (SSSR count). The molecule has 2 amide bonds. The van der Waals surface area contributed by atoms with Crippen molar-refractivity contribution in [2.45, 2.75) is 38.8 Å². The summed E-state index contributed by atoms with van der Waals surface area (Å²) in [5.74, 6) is 0. The number of amides is 2. The molecule has 18 heavy (non-hydrogen) atoms. The molecule has 0 spiro atoms. The Hall–Kier alpha value is -1.03. The van der Waals surface area contributed by atoms with Crippen molar-refractivity contribution in [3.05, 3.63) is 34.3 Å². The maximum atomic E-state index is 12.1. The average molecular weight is 311 g/mol. The predicted molar refractivity (Wildman–Crippen MR) is 76.5 cm³/mol. The Morgan fingerprint density at radius 2 is 2.28 bits per heavy atom. The van der Waals surface area contributed by atoms with Crippen LogP contribution in [0.15, 0.2) is 28.7 Å². The van der Waals surface area contributed by atoms with Gasteiger partial charge in [-0.25, -0.2) is 4.79 Å². The molecule has 4 heteroatoms. The first-order valence-corrected chi connectivity index (χ1v) is 7.20. The molecule has 1 fully saturated rings. The fraction of sp³-hybridized carbons (Fsp3) is 0.500. The van der Waals surface area contributed by atoms with E-state index >= 15 is 0 Å². The second kappa shape index (κ2) is 5.74. The van der Waals surface area contributed by atoms with Crippen LogP contribution in [0.4, 0.5) is 4.79 Å². The molecule has 3 nitrogen and oxygen atoms in total. The third kappa shape index (κ3) is 3.05. The van der Waals surface area contributed by atoms with Crippen LogP contribution in [0.2, 0.25) is 0 Å². The lowest BCUT2D eigenvalue weighted by atomic mass is 10.1. The minimum atomic E-state index is 0.0486. The number of likely N-dealkylation sites (tertiary alicyclic amines) is 1. The van der Waals surface area contributed by atoms with E-state index in [-0.39, 0.29) is 18.1 Å². The number of nitrogens with zero attached hydrogens (tertiary/aromatic N) is 1. The summed E-state index contributed by atoms with van der Waals surface area (Å²) in [6.07, 6.45) is 2.12. The average Bonchev–Trinajstić information content (AvgIpc) is 2.76. The van der Waals surface area contributed by atoms with Crippen LogP contribution in [0.1, 0.15) is 38.3 Å². The number of urea groups is 1. The van der Waals surface area contributed by atoms with Crippen LogP contribution in [0.25, 0.3) is 0 Å². The number of carbonyl (C=O) groups excluding carboxylic acids is 1. The normalized spacial score (nSPS) is 19.3. The Bertz CT molecular complexity index is 434. The molecule has 98 valence electrons. The van der Waals surface area contributed by atoms with Crippen molar-refractivity contribution in [1.82, 2.24) is 10.2 Å². The molecule has 0 aromatic heterocycles. The Morgan fingerprint density at radius 1 is 1.50 bits per heavy atom. The third-order valence-electron chi connectivity index (χ3n) is 3.16. The van der Waals surface area contributed by atoms with Gasteiger partial charge in [0.15, 0.2) is 0 Å². The van der Waals surface area contributed by atoms with Crippen molar-refractivity contribution in [2.75, 3.05) is 6.54 Å². The van der Waals surface area contributed by atoms with Crippen LogP contribution < -0.4 is 5.32 Å². The largest absolute Gasteiger partial charge is 0.336 e. The van der Waals surface area contributed by atoms with Gasteiger partial charge in [-0.1, -0.05) is 28.1 Å². The minimum absolute atomic E-state index is 0.0486. The van der Waals surface area contributed by atoms with E-state index in [9.17, 15) is 4.79 Å². The molecule has 1 heterocycles. The van der Waals surface area contributed by atoms with Crippen molar-refractivity contribution < 1.29 is 4.79 Å². The fourth-order valence-electron chi connectivity index (χ4n) is 2.40. The van der Waals surface area contributed by atoms with E-state index in [1.807, 2.05) is 30.9 Å². The number of benzene rings is 1. The number of nitrogens with one attached hydrogen (secondary N) is 1. The quantitative estimate of drug-likeness (QED) is 0.887. The van der Waals surface area contributed by atoms with Crippen LogP contribution >= 0.6 is 15.9 Å². The molecule has 1 saturated heterocycles. The van der Waals surface area contributed by atoms with Crippen LogP contribution in [0.3, 0.4) is 0 Å². The highest BCUT2D eigenvalue weighted by atomic mass is 79.9. The lowest BCUT2D eigenvalue weighted by molar-refractivity contribution is 0.190. The van der Waals surface area contributed by atoms with E-state index in [1.54, 1.807) is 0 Å². The van der Waals surface area contributed by atoms with E-state index < -0.39 is 0 Å². The van der Waals surface area contributed by atoms with Crippen LogP contribution in [0.5, 0.6) is 0 Å². The van der Waals surface area contributed by atoms with E-state index in [0.29, 0.717) is 0 Å². The highest BCUT2D eigenvalue weighted by Gasteiger charge is 2.30. The van der Waals surface area contributed by atoms with E-state index in [4.69, 9.17) is 0 Å². The SMILES string of the molecule is CC(C)NC(=O)N1CCCC1c1cccc(Br)c1. The van der Waals surface area contributed by atoms with Crippen molar-refractivity contribution in [2.24, 2.45) is 0 Å². The van der Waals surface area contributed by atoms with Gasteiger partial charge in [0.2, 0.25) is 0 Å². The van der Waals surface area contributed by atoms with Gasteiger partial charge in [0.05, 0.1) is 6.04 Å². The first kappa shape index (κ1) is 13.4. The Labute approximate surface area is 117 Å². The minimum Gasteiger partial charge on any atom is -0.336 e. The molecule has 1 N–H and O–H groups in total. The Kier molecular flexibility index (Phi) is 4.27. The summed E-state index contributed by atoms with van der Waals surface area (Å²) >= 11 is 3.49. The van der Waals surface area contributed by atoms with Crippen LogP contribution in [0, 0.1) is 0 Å². The summed E-state index contributed by atoms with van der Waals surface area (Å²) in [4.78, 5) is 14.1. The molecule has 1 aromatic carbocycles. The van der Waals surface area contributed by atoms with Gasteiger partial charge < -0.3 is 10.2 Å². The van der Waals surface area contributed by atoms with E-state index in [2.05, 4.69) is 33.4 Å². The van der Waals surface area contributed by atoms with Gasteiger partial charge in [0, 0.05) is 17.1 Å². The number of carbonyl (C=O) groups is 1. The molecular formula is C14H19BrN2O. The summed E-state index contributed by atoms with van der Waals surface area (Å²) < 4.78 is 1.07. The summed E-state index contributed by atoms with van der Waals surface area (Å²) in [7, 11) is 0. The van der Waals surface area contributed by atoms with Gasteiger partial charge in [0.25, 0.3) is 0 Å². The standard InChI is InChI=1S/C14H19BrN2O/c1-10(2)16-14(18)17-8-4-7-13(17)11-5-3-6-12(15)9-11/h3,5-6,9-10,13H,4,7-8H2,1-2H3,(H,16,18). The van der Waals surface area contributed by atoms with Crippen molar-refractivity contribution in [3.63, 3.8) is 0 Å². The maximum Gasteiger partial charge on any atom is 0.318 e. The summed E-state index contributed by atoms with van der Waals surface area (Å²) in [6, 6.07) is 8.67. The van der Waals surface area contributed by atoms with Gasteiger partial charge in [0.1, 0.15) is 0 Å². The monoisotopic (exact) mass is 310 g/mol. The van der Waals surface area contributed by atoms with Crippen LogP contribution in [-0.4, -0.2) is 23.5 Å². The van der Waals surface area contributed by atoms with Crippen molar-refractivity contribution in [3.8, 4) is 0 Å². The van der Waals surface area contributed by atoms with Gasteiger partial charge in [-0.3, -0.25) is 0 Å². The van der Waals surface area contributed by atoms with E-state index in [1.165, 1.54) is 5.56 Å². The Balaban J connectivity index is 2.14. The zero-order valence-electron chi connectivity index (χ0n) is 10.8. The zero-order chi connectivity index (χ0) is 13.1. The number of hydrogen-bond acceptors (Lipinski definition) is 1. The molecule has 0 bridgehead atoms. The summed E-state index contributed by atoms with van der Waals surface area (Å²) in [5.41, 5.74) is 1.21. The molecular weight excluding hydrogens is 292 g/mol. The van der Waals surface area contributed by atoms with Crippen molar-refractivity contribution >= 4 is 22.0 Å². The highest BCUT2D eigenvalue weighted by molar-refractivity contribution is 9.10. The Morgan fingerprint density at radius 3 is 2.94 bits per heavy atom. The molecule has 0 radical (unpaired) electrons. The van der Waals surface area contributed by atoms with E-state index in [0.717, 1.165) is 23.9 Å². The predicted octanol–water partition coefficient (Wildman–Crippen LogP) is 3.70. The topological polar surface area (TPSA) is 32.3 Å². The van der Waals surface area contributed by atoms with Gasteiger partial charge >= 0.3 is 6.03 Å². The molecule has 1 atom stereocenters. The van der Waals surface area contributed by atoms with Crippen molar-refractivity contribution in [1.29, 1.82) is 0 Å². The first-order valence-electron chi connectivity index (χ1n) is 6.40. The lowest BCUT2D eigenvalue weighted by Crippen LogP contribution is -2.42. The summed E-state index contributed by atoms with van der Waals surface area (Å²) in [5, 5.41) is 2.97. The number of rotatable bonds is 2. The first-order chi connectivity index (χ1) is 8.58. The smallest absolute Gasteiger partial charge is 0.318 e. The molecule has 1 aliphatic heterocycles. The molecule has 1 unspecified atom stereocenters. The second-order valence-corrected chi connectivity index (χ2v) is 5.93. The molecule has 0 saturated carbocycles. The van der Waals surface area contributed by atoms with Gasteiger partial charge in [-0.2, -0.15) is 0 Å².